The molecule has 22 heavy (non-hydrogen) atoms. The Balaban J connectivity index is 1.85. The molecule has 0 amide bonds. The van der Waals surface area contributed by atoms with Crippen LogP contribution in [-0.2, 0) is 19.1 Å². The van der Waals surface area contributed by atoms with E-state index in [2.05, 4.69) is 21.9 Å². The summed E-state index contributed by atoms with van der Waals surface area (Å²) in [4.78, 5) is 6.85. The average molecular weight is 310 g/mol. The van der Waals surface area contributed by atoms with Gasteiger partial charge in [-0.1, -0.05) is 18.7 Å². The predicted octanol–water partition coefficient (Wildman–Crippen LogP) is 2.60. The van der Waals surface area contributed by atoms with Gasteiger partial charge in [-0.2, -0.15) is 13.2 Å². The van der Waals surface area contributed by atoms with Gasteiger partial charge in [-0.05, 0) is 17.7 Å². The third-order valence-electron chi connectivity index (χ3n) is 3.24. The first-order valence-electron chi connectivity index (χ1n) is 6.68. The van der Waals surface area contributed by atoms with E-state index < -0.39 is 11.7 Å². The van der Waals surface area contributed by atoms with E-state index in [9.17, 15) is 13.2 Å². The highest BCUT2D eigenvalue weighted by atomic mass is 19.4. The molecule has 0 spiro atoms. The minimum absolute atomic E-state index is 0.310. The maximum Gasteiger partial charge on any atom is 0.416 e. The summed E-state index contributed by atoms with van der Waals surface area (Å²) in [5, 5.41) is 3.03. The summed E-state index contributed by atoms with van der Waals surface area (Å²) in [5.74, 6) is 0. The first-order chi connectivity index (χ1) is 10.4. The molecule has 118 valence electrons. The second-order valence-corrected chi connectivity index (χ2v) is 4.96. The Labute approximate surface area is 126 Å². The molecule has 1 unspecified atom stereocenters. The number of benzene rings is 1. The summed E-state index contributed by atoms with van der Waals surface area (Å²) in [5.41, 5.74) is 7.57. The number of halogens is 3. The number of alkyl halides is 3. The molecule has 0 radical (unpaired) electrons. The number of nitrogens with two attached hydrogens (primary N) is 1. The quantitative estimate of drug-likeness (QED) is 0.768. The first kappa shape index (κ1) is 16.1. The summed E-state index contributed by atoms with van der Waals surface area (Å²) >= 11 is 0. The van der Waals surface area contributed by atoms with Crippen LogP contribution in [-0.4, -0.2) is 16.0 Å². The van der Waals surface area contributed by atoms with E-state index in [0.717, 1.165) is 23.4 Å². The van der Waals surface area contributed by atoms with Gasteiger partial charge in [0.05, 0.1) is 11.9 Å². The third-order valence-corrected chi connectivity index (χ3v) is 3.24. The van der Waals surface area contributed by atoms with Crippen LogP contribution in [0, 0.1) is 0 Å². The Morgan fingerprint density at radius 2 is 2.00 bits per heavy atom. The Kier molecular flexibility index (Phi) is 4.87. The highest BCUT2D eigenvalue weighted by molar-refractivity contribution is 5.25. The number of aromatic amines is 1. The molecule has 4 N–H and O–H groups in total. The number of imidazole rings is 1. The van der Waals surface area contributed by atoms with Gasteiger partial charge in [-0.25, -0.2) is 4.98 Å². The van der Waals surface area contributed by atoms with Crippen molar-refractivity contribution in [3.63, 3.8) is 0 Å². The van der Waals surface area contributed by atoms with Crippen molar-refractivity contribution < 1.29 is 13.2 Å². The summed E-state index contributed by atoms with van der Waals surface area (Å²) in [7, 11) is 0. The van der Waals surface area contributed by atoms with Gasteiger partial charge < -0.3 is 16.0 Å². The molecule has 0 fully saturated rings. The Hall–Kier alpha value is -2.28. The molecule has 7 heteroatoms. The van der Waals surface area contributed by atoms with Crippen molar-refractivity contribution in [3.8, 4) is 0 Å². The summed E-state index contributed by atoms with van der Waals surface area (Å²) in [6.45, 7) is 4.23. The number of hydrogen-bond donors (Lipinski definition) is 3. The molecule has 4 nitrogen and oxygen atoms in total. The van der Waals surface area contributed by atoms with E-state index in [0.29, 0.717) is 18.7 Å². The van der Waals surface area contributed by atoms with E-state index in [1.54, 1.807) is 12.5 Å². The molecular formula is C15H17F3N4. The normalized spacial score (nSPS) is 12.9. The zero-order valence-electron chi connectivity index (χ0n) is 11.8. The molecule has 2 aromatic rings. The Morgan fingerprint density at radius 3 is 2.55 bits per heavy atom. The number of H-pyrrole nitrogens is 1. The molecule has 0 aliphatic heterocycles. The smallest absolute Gasteiger partial charge is 0.383 e. The lowest BCUT2D eigenvalue weighted by atomic mass is 10.1. The molecule has 2 rings (SSSR count). The Morgan fingerprint density at radius 1 is 1.32 bits per heavy atom. The highest BCUT2D eigenvalue weighted by Gasteiger charge is 2.29. The maximum atomic E-state index is 12.5. The van der Waals surface area contributed by atoms with E-state index in [1.165, 1.54) is 12.1 Å². The highest BCUT2D eigenvalue weighted by Crippen LogP contribution is 2.29. The third kappa shape index (κ3) is 4.36. The predicted molar refractivity (Wildman–Crippen MR) is 77.7 cm³/mol. The minimum atomic E-state index is -4.32. The molecule has 1 aromatic carbocycles. The Bertz CT molecular complexity index is 603. The van der Waals surface area contributed by atoms with Gasteiger partial charge in [0, 0.05) is 36.6 Å². The van der Waals surface area contributed by atoms with Crippen molar-refractivity contribution in [2.24, 2.45) is 5.73 Å². The van der Waals surface area contributed by atoms with Gasteiger partial charge in [0.15, 0.2) is 0 Å². The second kappa shape index (κ2) is 6.65. The molecule has 0 aliphatic rings. The lowest BCUT2D eigenvalue weighted by molar-refractivity contribution is -0.137. The van der Waals surface area contributed by atoms with E-state index in [-0.39, 0.29) is 6.04 Å². The number of nitrogens with zero attached hydrogens (tertiary/aromatic N) is 1. The van der Waals surface area contributed by atoms with Crippen molar-refractivity contribution in [1.82, 2.24) is 15.3 Å². The summed E-state index contributed by atoms with van der Waals surface area (Å²) in [6, 6.07) is 4.68. The lowest BCUT2D eigenvalue weighted by Gasteiger charge is -2.16. The molecular weight excluding hydrogens is 293 g/mol. The minimum Gasteiger partial charge on any atom is -0.383 e. The zero-order valence-corrected chi connectivity index (χ0v) is 11.8. The zero-order chi connectivity index (χ0) is 16.2. The first-order valence-corrected chi connectivity index (χ1v) is 6.68. The van der Waals surface area contributed by atoms with E-state index in [4.69, 9.17) is 5.73 Å². The fourth-order valence-corrected chi connectivity index (χ4v) is 1.91. The van der Waals surface area contributed by atoms with Crippen LogP contribution in [0.2, 0.25) is 0 Å². The molecule has 1 heterocycles. The molecule has 0 saturated heterocycles. The molecule has 0 bridgehead atoms. The standard InChI is InChI=1S/C15H17F3N4/c1-10(14(19)6-13-8-20-9-22-13)21-7-11-2-4-12(5-3-11)15(16,17)18/h2-5,8-9,14,21H,1,6-7,19H2,(H,20,22). The summed E-state index contributed by atoms with van der Waals surface area (Å²) < 4.78 is 37.4. The fraction of sp³-hybridized carbons (Fsp3) is 0.267. The van der Waals surface area contributed by atoms with Crippen LogP contribution in [0.3, 0.4) is 0 Å². The van der Waals surface area contributed by atoms with Crippen LogP contribution < -0.4 is 11.1 Å². The van der Waals surface area contributed by atoms with E-state index in [1.807, 2.05) is 0 Å². The van der Waals surface area contributed by atoms with Crippen LogP contribution in [0.5, 0.6) is 0 Å². The maximum absolute atomic E-state index is 12.5. The lowest BCUT2D eigenvalue weighted by Crippen LogP contribution is -2.32. The van der Waals surface area contributed by atoms with Gasteiger partial charge in [0.25, 0.3) is 0 Å². The van der Waals surface area contributed by atoms with Crippen molar-refractivity contribution in [2.75, 3.05) is 0 Å². The molecule has 0 saturated carbocycles. The SMILES string of the molecule is C=C(NCc1ccc(C(F)(F)F)cc1)C(N)Cc1cnc[nH]1. The van der Waals surface area contributed by atoms with Crippen molar-refractivity contribution >= 4 is 0 Å². The van der Waals surface area contributed by atoms with Crippen molar-refractivity contribution in [1.29, 1.82) is 0 Å². The van der Waals surface area contributed by atoms with Gasteiger partial charge in [0.2, 0.25) is 0 Å². The number of nitrogens with one attached hydrogen (secondary N) is 2. The van der Waals surface area contributed by atoms with Crippen LogP contribution >= 0.6 is 0 Å². The summed E-state index contributed by atoms with van der Waals surface area (Å²) in [6.07, 6.45) is -0.510. The van der Waals surface area contributed by atoms with Gasteiger partial charge >= 0.3 is 6.18 Å². The van der Waals surface area contributed by atoms with E-state index >= 15 is 0 Å². The number of aromatic nitrogens is 2. The largest absolute Gasteiger partial charge is 0.416 e. The number of rotatable bonds is 6. The average Bonchev–Trinajstić information content (AvgIpc) is 2.97. The van der Waals surface area contributed by atoms with Gasteiger partial charge in [-0.15, -0.1) is 0 Å². The monoisotopic (exact) mass is 310 g/mol. The van der Waals surface area contributed by atoms with Gasteiger partial charge in [0.1, 0.15) is 0 Å². The van der Waals surface area contributed by atoms with Crippen LogP contribution in [0.15, 0.2) is 49.1 Å². The van der Waals surface area contributed by atoms with Crippen LogP contribution in [0.4, 0.5) is 13.2 Å². The van der Waals surface area contributed by atoms with Gasteiger partial charge in [-0.3, -0.25) is 0 Å². The van der Waals surface area contributed by atoms with Crippen LogP contribution in [0.1, 0.15) is 16.8 Å². The van der Waals surface area contributed by atoms with Crippen molar-refractivity contribution in [2.45, 2.75) is 25.2 Å². The second-order valence-electron chi connectivity index (χ2n) is 4.96. The number of hydrogen-bond acceptors (Lipinski definition) is 3. The molecule has 1 atom stereocenters. The fourth-order valence-electron chi connectivity index (χ4n) is 1.91. The van der Waals surface area contributed by atoms with Crippen LogP contribution in [0.25, 0.3) is 0 Å². The topological polar surface area (TPSA) is 66.7 Å². The van der Waals surface area contributed by atoms with Crippen molar-refractivity contribution in [3.05, 3.63) is 65.9 Å². The molecule has 0 aliphatic carbocycles. The molecule has 1 aromatic heterocycles.